The van der Waals surface area contributed by atoms with Gasteiger partial charge in [-0.3, -0.25) is 0 Å². The minimum absolute atomic E-state index is 0.156. The SMILES string of the molecule is Cc1nccc(C[C@H](c2cnc[nH]2)c2cccc(C)c2F)n1. The number of aromatic amines is 1. The molecule has 2 aromatic heterocycles. The molecule has 1 atom stereocenters. The largest absolute Gasteiger partial charge is 0.348 e. The smallest absolute Gasteiger partial charge is 0.129 e. The monoisotopic (exact) mass is 296 g/mol. The second-order valence-electron chi connectivity index (χ2n) is 5.34. The Morgan fingerprint density at radius 1 is 1.23 bits per heavy atom. The lowest BCUT2D eigenvalue weighted by Gasteiger charge is -2.17. The van der Waals surface area contributed by atoms with Crippen molar-refractivity contribution < 1.29 is 4.39 Å². The highest BCUT2D eigenvalue weighted by molar-refractivity contribution is 5.34. The van der Waals surface area contributed by atoms with Crippen LogP contribution in [0.4, 0.5) is 4.39 Å². The Balaban J connectivity index is 2.03. The first-order chi connectivity index (χ1) is 10.6. The van der Waals surface area contributed by atoms with E-state index in [1.165, 1.54) is 0 Å². The molecule has 0 spiro atoms. The molecule has 112 valence electrons. The van der Waals surface area contributed by atoms with Crippen molar-refractivity contribution in [2.75, 3.05) is 0 Å². The molecular weight excluding hydrogens is 279 g/mol. The van der Waals surface area contributed by atoms with Gasteiger partial charge in [0.15, 0.2) is 0 Å². The van der Waals surface area contributed by atoms with Gasteiger partial charge in [-0.05, 0) is 31.0 Å². The Morgan fingerprint density at radius 3 is 2.82 bits per heavy atom. The van der Waals surface area contributed by atoms with Gasteiger partial charge in [0, 0.05) is 36.1 Å². The van der Waals surface area contributed by atoms with Crippen LogP contribution in [0.3, 0.4) is 0 Å². The fourth-order valence-corrected chi connectivity index (χ4v) is 2.61. The van der Waals surface area contributed by atoms with Gasteiger partial charge in [0.05, 0.1) is 6.33 Å². The van der Waals surface area contributed by atoms with Crippen molar-refractivity contribution in [2.24, 2.45) is 0 Å². The molecule has 0 aliphatic carbocycles. The summed E-state index contributed by atoms with van der Waals surface area (Å²) in [5.74, 6) is 0.384. The Hall–Kier alpha value is -2.56. The standard InChI is InChI=1S/C17H17FN4/c1-11-4-3-5-14(17(11)18)15(16-9-19-10-21-16)8-13-6-7-20-12(2)22-13/h3-7,9-10,15H,8H2,1-2H3,(H,19,21)/t15-/m0/s1. The summed E-state index contributed by atoms with van der Waals surface area (Å²) in [6.45, 7) is 3.62. The van der Waals surface area contributed by atoms with Gasteiger partial charge < -0.3 is 4.98 Å². The number of nitrogens with one attached hydrogen (secondary N) is 1. The number of rotatable bonds is 4. The first-order valence-corrected chi connectivity index (χ1v) is 7.17. The van der Waals surface area contributed by atoms with Crippen molar-refractivity contribution in [3.05, 3.63) is 77.1 Å². The van der Waals surface area contributed by atoms with Crippen molar-refractivity contribution in [3.8, 4) is 0 Å². The molecule has 0 radical (unpaired) electrons. The molecule has 3 aromatic rings. The summed E-state index contributed by atoms with van der Waals surface area (Å²) >= 11 is 0. The Labute approximate surface area is 128 Å². The number of hydrogen-bond donors (Lipinski definition) is 1. The van der Waals surface area contributed by atoms with Gasteiger partial charge in [-0.2, -0.15) is 0 Å². The lowest BCUT2D eigenvalue weighted by molar-refractivity contribution is 0.582. The van der Waals surface area contributed by atoms with Gasteiger partial charge in [-0.1, -0.05) is 18.2 Å². The summed E-state index contributed by atoms with van der Waals surface area (Å²) in [4.78, 5) is 15.7. The molecule has 0 bridgehead atoms. The van der Waals surface area contributed by atoms with Gasteiger partial charge in [0.2, 0.25) is 0 Å². The van der Waals surface area contributed by atoms with Crippen LogP contribution in [0.15, 0.2) is 43.0 Å². The maximum Gasteiger partial charge on any atom is 0.129 e. The van der Waals surface area contributed by atoms with Gasteiger partial charge in [0.1, 0.15) is 11.6 Å². The highest BCUT2D eigenvalue weighted by atomic mass is 19.1. The molecule has 2 heterocycles. The number of aromatic nitrogens is 4. The predicted octanol–water partition coefficient (Wildman–Crippen LogP) is 3.33. The first kappa shape index (κ1) is 14.4. The third-order valence-corrected chi connectivity index (χ3v) is 3.74. The second-order valence-corrected chi connectivity index (χ2v) is 5.34. The molecule has 0 aliphatic heterocycles. The number of halogens is 1. The third kappa shape index (κ3) is 2.88. The topological polar surface area (TPSA) is 54.5 Å². The predicted molar refractivity (Wildman–Crippen MR) is 82.0 cm³/mol. The number of imidazole rings is 1. The minimum Gasteiger partial charge on any atom is -0.348 e. The Bertz CT molecular complexity index is 768. The quantitative estimate of drug-likeness (QED) is 0.803. The molecule has 22 heavy (non-hydrogen) atoms. The van der Waals surface area contributed by atoms with E-state index in [0.717, 1.165) is 11.4 Å². The zero-order valence-electron chi connectivity index (χ0n) is 12.5. The van der Waals surface area contributed by atoms with Crippen molar-refractivity contribution in [2.45, 2.75) is 26.2 Å². The zero-order valence-corrected chi connectivity index (χ0v) is 12.5. The Morgan fingerprint density at radius 2 is 2.09 bits per heavy atom. The lowest BCUT2D eigenvalue weighted by atomic mass is 9.90. The van der Waals surface area contributed by atoms with Crippen LogP contribution < -0.4 is 0 Å². The first-order valence-electron chi connectivity index (χ1n) is 7.17. The number of nitrogens with zero attached hydrogens (tertiary/aromatic N) is 3. The van der Waals surface area contributed by atoms with Crippen LogP contribution in [0.5, 0.6) is 0 Å². The summed E-state index contributed by atoms with van der Waals surface area (Å²) in [5, 5.41) is 0. The fourth-order valence-electron chi connectivity index (χ4n) is 2.61. The van der Waals surface area contributed by atoms with E-state index < -0.39 is 0 Å². The van der Waals surface area contributed by atoms with E-state index >= 15 is 0 Å². The minimum atomic E-state index is -0.173. The summed E-state index contributed by atoms with van der Waals surface area (Å²) in [7, 11) is 0. The van der Waals surface area contributed by atoms with E-state index in [1.807, 2.05) is 25.1 Å². The molecule has 0 fully saturated rings. The summed E-state index contributed by atoms with van der Waals surface area (Å²) in [6.07, 6.45) is 5.67. The molecule has 0 saturated heterocycles. The molecular formula is C17H17FN4. The molecule has 0 aliphatic rings. The van der Waals surface area contributed by atoms with E-state index in [2.05, 4.69) is 19.9 Å². The van der Waals surface area contributed by atoms with Gasteiger partial charge in [-0.15, -0.1) is 0 Å². The van der Waals surface area contributed by atoms with Gasteiger partial charge >= 0.3 is 0 Å². The highest BCUT2D eigenvalue weighted by Gasteiger charge is 2.21. The fraction of sp³-hybridized carbons (Fsp3) is 0.235. The average Bonchev–Trinajstić information content (AvgIpc) is 3.02. The van der Waals surface area contributed by atoms with Crippen LogP contribution in [0, 0.1) is 19.7 Å². The molecule has 0 amide bonds. The maximum atomic E-state index is 14.6. The molecule has 4 nitrogen and oxygen atoms in total. The summed E-state index contributed by atoms with van der Waals surface area (Å²) < 4.78 is 14.6. The molecule has 5 heteroatoms. The van der Waals surface area contributed by atoms with E-state index in [4.69, 9.17) is 0 Å². The average molecular weight is 296 g/mol. The van der Waals surface area contributed by atoms with Crippen LogP contribution in [-0.4, -0.2) is 19.9 Å². The lowest BCUT2D eigenvalue weighted by Crippen LogP contribution is -2.10. The number of benzene rings is 1. The molecule has 1 aromatic carbocycles. The van der Waals surface area contributed by atoms with Crippen LogP contribution in [0.25, 0.3) is 0 Å². The van der Waals surface area contributed by atoms with E-state index in [9.17, 15) is 4.39 Å². The summed E-state index contributed by atoms with van der Waals surface area (Å²) in [5.41, 5.74) is 3.05. The van der Waals surface area contributed by atoms with Crippen molar-refractivity contribution in [1.82, 2.24) is 19.9 Å². The molecule has 3 rings (SSSR count). The molecule has 0 saturated carbocycles. The molecule has 0 unspecified atom stereocenters. The van der Waals surface area contributed by atoms with Gasteiger partial charge in [-0.25, -0.2) is 19.3 Å². The van der Waals surface area contributed by atoms with Crippen LogP contribution >= 0.6 is 0 Å². The normalized spacial score (nSPS) is 12.3. The summed E-state index contributed by atoms with van der Waals surface area (Å²) in [6, 6.07) is 7.34. The van der Waals surface area contributed by atoms with E-state index in [-0.39, 0.29) is 11.7 Å². The zero-order chi connectivity index (χ0) is 15.5. The van der Waals surface area contributed by atoms with E-state index in [0.29, 0.717) is 23.4 Å². The van der Waals surface area contributed by atoms with Crippen molar-refractivity contribution >= 4 is 0 Å². The van der Waals surface area contributed by atoms with Crippen LogP contribution in [-0.2, 0) is 6.42 Å². The van der Waals surface area contributed by atoms with Crippen LogP contribution in [0.1, 0.15) is 34.3 Å². The maximum absolute atomic E-state index is 14.6. The van der Waals surface area contributed by atoms with Crippen molar-refractivity contribution in [3.63, 3.8) is 0 Å². The number of hydrogen-bond acceptors (Lipinski definition) is 3. The third-order valence-electron chi connectivity index (χ3n) is 3.74. The number of H-pyrrole nitrogens is 1. The molecule has 1 N–H and O–H groups in total. The van der Waals surface area contributed by atoms with Gasteiger partial charge in [0.25, 0.3) is 0 Å². The van der Waals surface area contributed by atoms with Crippen molar-refractivity contribution in [1.29, 1.82) is 0 Å². The van der Waals surface area contributed by atoms with Crippen LogP contribution in [0.2, 0.25) is 0 Å². The second kappa shape index (κ2) is 6.05. The highest BCUT2D eigenvalue weighted by Crippen LogP contribution is 2.29. The van der Waals surface area contributed by atoms with E-state index in [1.54, 1.807) is 31.7 Å². The number of aryl methyl sites for hydroxylation is 2. The Kier molecular flexibility index (Phi) is 3.96.